The van der Waals surface area contributed by atoms with E-state index in [1.807, 2.05) is 21.0 Å². The molecule has 1 heterocycles. The third kappa shape index (κ3) is 4.50. The van der Waals surface area contributed by atoms with Gasteiger partial charge in [-0.3, -0.25) is 0 Å². The van der Waals surface area contributed by atoms with Crippen LogP contribution in [0.5, 0.6) is 0 Å². The topological polar surface area (TPSA) is 52.7 Å². The Morgan fingerprint density at radius 3 is 2.50 bits per heavy atom. The van der Waals surface area contributed by atoms with Crippen molar-refractivity contribution in [1.82, 2.24) is 14.5 Å². The largest absolute Gasteiger partial charge is 0.315 e. The van der Waals surface area contributed by atoms with Crippen molar-refractivity contribution in [2.75, 3.05) is 46.8 Å². The van der Waals surface area contributed by atoms with Gasteiger partial charge < -0.3 is 10.2 Å². The fraction of sp³-hybridized carbons (Fsp3) is 1.00. The minimum Gasteiger partial charge on any atom is -0.315 e. The van der Waals surface area contributed by atoms with Gasteiger partial charge in [-0.1, -0.05) is 6.92 Å². The van der Waals surface area contributed by atoms with E-state index in [2.05, 4.69) is 10.2 Å². The van der Waals surface area contributed by atoms with Gasteiger partial charge in [0.15, 0.2) is 0 Å². The zero-order valence-corrected chi connectivity index (χ0v) is 12.7. The van der Waals surface area contributed by atoms with Crippen LogP contribution in [0.3, 0.4) is 0 Å². The second kappa shape index (κ2) is 7.43. The van der Waals surface area contributed by atoms with Gasteiger partial charge in [-0.25, -0.2) is 12.7 Å². The molecule has 0 bridgehead atoms. The average molecular weight is 277 g/mol. The van der Waals surface area contributed by atoms with Crippen LogP contribution in [0.1, 0.15) is 26.2 Å². The van der Waals surface area contributed by atoms with E-state index in [-0.39, 0.29) is 5.25 Å². The number of sulfonamides is 1. The molecular formula is C12H27N3O2S. The van der Waals surface area contributed by atoms with Crippen LogP contribution in [0.25, 0.3) is 0 Å². The van der Waals surface area contributed by atoms with Gasteiger partial charge in [0.05, 0.1) is 5.25 Å². The van der Waals surface area contributed by atoms with Crippen LogP contribution in [0.15, 0.2) is 0 Å². The van der Waals surface area contributed by atoms with Crippen LogP contribution in [0.4, 0.5) is 0 Å². The van der Waals surface area contributed by atoms with E-state index in [1.165, 1.54) is 0 Å². The second-order valence-electron chi connectivity index (χ2n) is 5.16. The molecule has 1 aliphatic heterocycles. The van der Waals surface area contributed by atoms with Gasteiger partial charge in [-0.05, 0) is 46.4 Å². The number of nitrogens with zero attached hydrogens (tertiary/aromatic N) is 2. The minimum atomic E-state index is -3.12. The zero-order valence-electron chi connectivity index (χ0n) is 11.9. The molecular weight excluding hydrogens is 250 g/mol. The molecule has 1 rings (SSSR count). The second-order valence-corrected chi connectivity index (χ2v) is 7.37. The first-order chi connectivity index (χ1) is 8.48. The Kier molecular flexibility index (Phi) is 6.55. The molecule has 0 radical (unpaired) electrons. The predicted octanol–water partition coefficient (Wildman–Crippen LogP) is 0.342. The van der Waals surface area contributed by atoms with Crippen molar-refractivity contribution >= 4 is 10.0 Å². The molecule has 18 heavy (non-hydrogen) atoms. The van der Waals surface area contributed by atoms with Crippen LogP contribution in [0, 0.1) is 0 Å². The van der Waals surface area contributed by atoms with Crippen molar-refractivity contribution in [2.24, 2.45) is 0 Å². The van der Waals surface area contributed by atoms with E-state index >= 15 is 0 Å². The molecule has 1 N–H and O–H groups in total. The lowest BCUT2D eigenvalue weighted by molar-refractivity contribution is 0.350. The Balaban J connectivity index is 2.55. The highest BCUT2D eigenvalue weighted by Gasteiger charge is 2.31. The molecule has 0 aliphatic carbocycles. The van der Waals surface area contributed by atoms with Crippen LogP contribution >= 0.6 is 0 Å². The fourth-order valence-electron chi connectivity index (χ4n) is 2.31. The molecule has 0 spiro atoms. The van der Waals surface area contributed by atoms with Gasteiger partial charge in [0.25, 0.3) is 0 Å². The Morgan fingerprint density at radius 2 is 2.00 bits per heavy atom. The SMILES string of the molecule is CCN(CCCN(C)C)S(=O)(=O)C1CCCNC1. The monoisotopic (exact) mass is 277 g/mol. The quantitative estimate of drug-likeness (QED) is 0.729. The van der Waals surface area contributed by atoms with Crippen LogP contribution in [0.2, 0.25) is 0 Å². The van der Waals surface area contributed by atoms with Gasteiger partial charge in [0.2, 0.25) is 10.0 Å². The molecule has 1 saturated heterocycles. The maximum Gasteiger partial charge on any atom is 0.218 e. The molecule has 1 unspecified atom stereocenters. The minimum absolute atomic E-state index is 0.231. The van der Waals surface area contributed by atoms with Crippen molar-refractivity contribution in [2.45, 2.75) is 31.4 Å². The van der Waals surface area contributed by atoms with E-state index in [9.17, 15) is 8.42 Å². The van der Waals surface area contributed by atoms with Crippen LogP contribution in [-0.4, -0.2) is 69.7 Å². The third-order valence-corrected chi connectivity index (χ3v) is 5.80. The Labute approximate surface area is 112 Å². The first-order valence-corrected chi connectivity index (χ1v) is 8.33. The molecule has 108 valence electrons. The molecule has 0 amide bonds. The summed E-state index contributed by atoms with van der Waals surface area (Å²) in [6.07, 6.45) is 2.64. The number of hydrogen-bond donors (Lipinski definition) is 1. The van der Waals surface area contributed by atoms with E-state index in [1.54, 1.807) is 4.31 Å². The molecule has 6 heteroatoms. The van der Waals surface area contributed by atoms with Crippen molar-refractivity contribution < 1.29 is 8.42 Å². The highest BCUT2D eigenvalue weighted by Crippen LogP contribution is 2.16. The predicted molar refractivity (Wildman–Crippen MR) is 75.2 cm³/mol. The molecule has 0 aromatic carbocycles. The number of hydrogen-bond acceptors (Lipinski definition) is 4. The number of rotatable bonds is 7. The normalized spacial score (nSPS) is 21.7. The van der Waals surface area contributed by atoms with Crippen molar-refractivity contribution in [3.63, 3.8) is 0 Å². The maximum absolute atomic E-state index is 12.5. The van der Waals surface area contributed by atoms with Gasteiger partial charge in [-0.15, -0.1) is 0 Å². The Hall–Kier alpha value is -0.170. The van der Waals surface area contributed by atoms with E-state index in [0.717, 1.165) is 32.4 Å². The highest BCUT2D eigenvalue weighted by atomic mass is 32.2. The summed E-state index contributed by atoms with van der Waals surface area (Å²) in [5.74, 6) is 0. The molecule has 5 nitrogen and oxygen atoms in total. The first kappa shape index (κ1) is 15.9. The standard InChI is InChI=1S/C12H27N3O2S/c1-4-15(10-6-9-14(2)3)18(16,17)12-7-5-8-13-11-12/h12-13H,4-11H2,1-3H3. The number of nitrogens with one attached hydrogen (secondary N) is 1. The summed E-state index contributed by atoms with van der Waals surface area (Å²) < 4.78 is 26.6. The Bertz CT molecular complexity index is 324. The summed E-state index contributed by atoms with van der Waals surface area (Å²) >= 11 is 0. The van der Waals surface area contributed by atoms with Crippen molar-refractivity contribution in [3.05, 3.63) is 0 Å². The smallest absolute Gasteiger partial charge is 0.218 e. The van der Waals surface area contributed by atoms with E-state index in [0.29, 0.717) is 19.6 Å². The summed E-state index contributed by atoms with van der Waals surface area (Å²) in [5, 5.41) is 2.95. The van der Waals surface area contributed by atoms with Gasteiger partial charge >= 0.3 is 0 Å². The van der Waals surface area contributed by atoms with Gasteiger partial charge in [0, 0.05) is 19.6 Å². The summed E-state index contributed by atoms with van der Waals surface area (Å²) in [4.78, 5) is 2.09. The summed E-state index contributed by atoms with van der Waals surface area (Å²) in [6, 6.07) is 0. The maximum atomic E-state index is 12.5. The Morgan fingerprint density at radius 1 is 1.28 bits per heavy atom. The highest BCUT2D eigenvalue weighted by molar-refractivity contribution is 7.89. The molecule has 1 aliphatic rings. The van der Waals surface area contributed by atoms with Gasteiger partial charge in [0.1, 0.15) is 0 Å². The fourth-order valence-corrected chi connectivity index (χ4v) is 4.27. The van der Waals surface area contributed by atoms with E-state index in [4.69, 9.17) is 0 Å². The molecule has 0 aromatic rings. The lowest BCUT2D eigenvalue weighted by Gasteiger charge is -2.29. The first-order valence-electron chi connectivity index (χ1n) is 6.83. The zero-order chi connectivity index (χ0) is 13.6. The average Bonchev–Trinajstić information content (AvgIpc) is 2.35. The van der Waals surface area contributed by atoms with E-state index < -0.39 is 10.0 Å². The molecule has 0 saturated carbocycles. The van der Waals surface area contributed by atoms with Crippen molar-refractivity contribution in [1.29, 1.82) is 0 Å². The number of piperidine rings is 1. The lowest BCUT2D eigenvalue weighted by Crippen LogP contribution is -2.46. The molecule has 0 aromatic heterocycles. The molecule has 1 atom stereocenters. The van der Waals surface area contributed by atoms with Crippen molar-refractivity contribution in [3.8, 4) is 0 Å². The summed E-state index contributed by atoms with van der Waals surface area (Å²) in [7, 11) is 0.900. The van der Waals surface area contributed by atoms with Crippen LogP contribution in [-0.2, 0) is 10.0 Å². The van der Waals surface area contributed by atoms with Crippen LogP contribution < -0.4 is 5.32 Å². The third-order valence-electron chi connectivity index (χ3n) is 3.40. The lowest BCUT2D eigenvalue weighted by atomic mass is 10.2. The molecule has 1 fully saturated rings. The summed E-state index contributed by atoms with van der Waals surface area (Å²) in [5.41, 5.74) is 0. The summed E-state index contributed by atoms with van der Waals surface area (Å²) in [6.45, 7) is 5.60. The van der Waals surface area contributed by atoms with Gasteiger partial charge in [-0.2, -0.15) is 0 Å².